The summed E-state index contributed by atoms with van der Waals surface area (Å²) in [5.41, 5.74) is -0.826. The maximum absolute atomic E-state index is 12.9. The van der Waals surface area contributed by atoms with E-state index >= 15 is 0 Å². The number of hydrogen-bond acceptors (Lipinski definition) is 4. The number of fused-ring (bicyclic) bond motifs is 2. The molecule has 9 heteroatoms. The van der Waals surface area contributed by atoms with Crippen molar-refractivity contribution in [3.63, 3.8) is 0 Å². The molecule has 0 saturated heterocycles. The van der Waals surface area contributed by atoms with Gasteiger partial charge in [-0.05, 0) is 30.3 Å². The maximum Gasteiger partial charge on any atom is 0.416 e. The first-order chi connectivity index (χ1) is 11.1. The highest BCUT2D eigenvalue weighted by Crippen LogP contribution is 2.41. The Morgan fingerprint density at radius 3 is 2.38 bits per heavy atom. The second kappa shape index (κ2) is 5.52. The zero-order chi connectivity index (χ0) is 17.7. The van der Waals surface area contributed by atoms with E-state index in [0.29, 0.717) is 15.3 Å². The molecule has 0 unspecified atom stereocenters. The predicted octanol–water partition coefficient (Wildman–Crippen LogP) is 3.63. The quantitative estimate of drug-likeness (QED) is 0.708. The minimum absolute atomic E-state index is 0.0726. The number of carbonyl (C=O) groups excluding carboxylic acids is 1. The van der Waals surface area contributed by atoms with Crippen molar-refractivity contribution < 1.29 is 26.4 Å². The fourth-order valence-corrected chi connectivity index (χ4v) is 4.86. The van der Waals surface area contributed by atoms with E-state index in [4.69, 9.17) is 0 Å². The first-order valence-electron chi connectivity index (χ1n) is 6.64. The molecule has 1 aliphatic heterocycles. The van der Waals surface area contributed by atoms with Gasteiger partial charge in [-0.1, -0.05) is 23.9 Å². The third-order valence-electron chi connectivity index (χ3n) is 3.53. The zero-order valence-electron chi connectivity index (χ0n) is 12.2. The number of nitrogens with zero attached hydrogens (tertiary/aromatic N) is 1. The van der Waals surface area contributed by atoms with E-state index in [2.05, 4.69) is 0 Å². The van der Waals surface area contributed by atoms with Crippen LogP contribution in [-0.2, 0) is 16.2 Å². The second-order valence-corrected chi connectivity index (χ2v) is 8.06. The SMILES string of the molecule is CN1C(=O)c2ccccc2Sc2cc(C(F)(F)F)ccc2S1(=O)=O. The van der Waals surface area contributed by atoms with E-state index in [9.17, 15) is 26.4 Å². The average molecular weight is 373 g/mol. The van der Waals surface area contributed by atoms with Crippen molar-refractivity contribution in [3.8, 4) is 0 Å². The fraction of sp³-hybridized carbons (Fsp3) is 0.133. The summed E-state index contributed by atoms with van der Waals surface area (Å²) in [5, 5.41) is 0. The van der Waals surface area contributed by atoms with Gasteiger partial charge < -0.3 is 0 Å². The first kappa shape index (κ1) is 16.8. The molecule has 2 aromatic carbocycles. The number of rotatable bonds is 0. The van der Waals surface area contributed by atoms with E-state index < -0.39 is 27.7 Å². The number of alkyl halides is 3. The highest BCUT2D eigenvalue weighted by atomic mass is 32.2. The van der Waals surface area contributed by atoms with Crippen LogP contribution in [0.2, 0.25) is 0 Å². The number of sulfonamides is 1. The number of amides is 1. The molecule has 0 spiro atoms. The molecule has 0 fully saturated rings. The van der Waals surface area contributed by atoms with Crippen molar-refractivity contribution in [2.75, 3.05) is 7.05 Å². The smallest absolute Gasteiger partial charge is 0.268 e. The Hall–Kier alpha value is -2.00. The molecule has 0 atom stereocenters. The molecule has 0 bridgehead atoms. The van der Waals surface area contributed by atoms with Crippen LogP contribution in [-0.4, -0.2) is 25.7 Å². The fourth-order valence-electron chi connectivity index (χ4n) is 2.25. The third kappa shape index (κ3) is 2.67. The summed E-state index contributed by atoms with van der Waals surface area (Å²) >= 11 is 0.828. The lowest BCUT2D eigenvalue weighted by Gasteiger charge is -2.24. The summed E-state index contributed by atoms with van der Waals surface area (Å²) in [6.07, 6.45) is -4.59. The standard InChI is InChI=1S/C15H10F3NO3S2/c1-19-14(20)10-4-2-3-5-11(10)23-12-8-9(15(16,17)18)6-7-13(12)24(19,21)22/h2-8H,1H3. The molecule has 0 aliphatic carbocycles. The van der Waals surface area contributed by atoms with E-state index in [1.54, 1.807) is 18.2 Å². The van der Waals surface area contributed by atoms with Crippen molar-refractivity contribution in [2.45, 2.75) is 20.9 Å². The minimum atomic E-state index is -4.59. The van der Waals surface area contributed by atoms with Gasteiger partial charge in [0.05, 0.1) is 11.1 Å². The lowest BCUT2D eigenvalue weighted by atomic mass is 10.2. The van der Waals surface area contributed by atoms with Crippen LogP contribution in [0.1, 0.15) is 15.9 Å². The summed E-state index contributed by atoms with van der Waals surface area (Å²) in [7, 11) is -3.15. The van der Waals surface area contributed by atoms with Crippen LogP contribution in [0.5, 0.6) is 0 Å². The van der Waals surface area contributed by atoms with Gasteiger partial charge >= 0.3 is 6.18 Å². The lowest BCUT2D eigenvalue weighted by molar-refractivity contribution is -0.137. The van der Waals surface area contributed by atoms with Gasteiger partial charge in [-0.15, -0.1) is 0 Å². The molecule has 24 heavy (non-hydrogen) atoms. The molecule has 0 saturated carbocycles. The molecule has 1 heterocycles. The van der Waals surface area contributed by atoms with Crippen molar-refractivity contribution in [1.82, 2.24) is 4.31 Å². The van der Waals surface area contributed by atoms with Crippen LogP contribution < -0.4 is 0 Å². The molecule has 0 radical (unpaired) electrons. The van der Waals surface area contributed by atoms with Gasteiger partial charge in [-0.2, -0.15) is 13.2 Å². The number of hydrogen-bond donors (Lipinski definition) is 0. The summed E-state index contributed by atoms with van der Waals surface area (Å²) in [6, 6.07) is 8.57. The van der Waals surface area contributed by atoms with Gasteiger partial charge in [0, 0.05) is 16.8 Å². The van der Waals surface area contributed by atoms with Crippen molar-refractivity contribution in [3.05, 3.63) is 53.6 Å². The first-order valence-corrected chi connectivity index (χ1v) is 8.89. The Labute approximate surface area is 140 Å². The van der Waals surface area contributed by atoms with Crippen LogP contribution >= 0.6 is 11.8 Å². The van der Waals surface area contributed by atoms with Crippen LogP contribution in [0.3, 0.4) is 0 Å². The predicted molar refractivity (Wildman–Crippen MR) is 81.3 cm³/mol. The molecular weight excluding hydrogens is 363 g/mol. The summed E-state index contributed by atoms with van der Waals surface area (Å²) < 4.78 is 64.5. The summed E-state index contributed by atoms with van der Waals surface area (Å²) in [5.74, 6) is -0.733. The van der Waals surface area contributed by atoms with Gasteiger partial charge in [-0.3, -0.25) is 4.79 Å². The molecule has 3 rings (SSSR count). The second-order valence-electron chi connectivity index (χ2n) is 5.04. The lowest BCUT2D eigenvalue weighted by Crippen LogP contribution is -2.34. The molecule has 4 nitrogen and oxygen atoms in total. The number of carbonyl (C=O) groups is 1. The molecule has 1 amide bonds. The molecule has 2 aromatic rings. The topological polar surface area (TPSA) is 54.5 Å². The van der Waals surface area contributed by atoms with Crippen LogP contribution in [0.25, 0.3) is 0 Å². The minimum Gasteiger partial charge on any atom is -0.268 e. The average Bonchev–Trinajstić information content (AvgIpc) is 2.52. The van der Waals surface area contributed by atoms with E-state index in [-0.39, 0.29) is 15.4 Å². The number of benzene rings is 2. The van der Waals surface area contributed by atoms with E-state index in [0.717, 1.165) is 30.9 Å². The van der Waals surface area contributed by atoms with E-state index in [1.807, 2.05) is 0 Å². The maximum atomic E-state index is 12.9. The Morgan fingerprint density at radius 1 is 1.04 bits per heavy atom. The largest absolute Gasteiger partial charge is 0.416 e. The molecular formula is C15H10F3NO3S2. The Balaban J connectivity index is 2.30. The molecule has 0 N–H and O–H groups in total. The van der Waals surface area contributed by atoms with Crippen molar-refractivity contribution in [1.29, 1.82) is 0 Å². The van der Waals surface area contributed by atoms with Crippen molar-refractivity contribution >= 4 is 27.7 Å². The number of halogens is 3. The Kier molecular flexibility index (Phi) is 3.88. The Morgan fingerprint density at radius 2 is 1.71 bits per heavy atom. The monoisotopic (exact) mass is 373 g/mol. The summed E-state index contributed by atoms with van der Waals surface area (Å²) in [6.45, 7) is 0. The Bertz CT molecular complexity index is 939. The molecule has 0 aromatic heterocycles. The van der Waals surface area contributed by atoms with Crippen LogP contribution in [0.4, 0.5) is 13.2 Å². The van der Waals surface area contributed by atoms with Gasteiger partial charge in [-0.25, -0.2) is 12.7 Å². The van der Waals surface area contributed by atoms with Gasteiger partial charge in [0.2, 0.25) is 0 Å². The zero-order valence-corrected chi connectivity index (χ0v) is 13.8. The van der Waals surface area contributed by atoms with Gasteiger partial charge in [0.1, 0.15) is 4.90 Å². The van der Waals surface area contributed by atoms with Gasteiger partial charge in [0.25, 0.3) is 15.9 Å². The van der Waals surface area contributed by atoms with Gasteiger partial charge in [0.15, 0.2) is 0 Å². The van der Waals surface area contributed by atoms with Crippen LogP contribution in [0.15, 0.2) is 57.2 Å². The highest BCUT2D eigenvalue weighted by Gasteiger charge is 2.36. The van der Waals surface area contributed by atoms with E-state index in [1.165, 1.54) is 6.07 Å². The molecule has 126 valence electrons. The molecule has 1 aliphatic rings. The normalized spacial score (nSPS) is 16.8. The third-order valence-corrected chi connectivity index (χ3v) is 6.59. The highest BCUT2D eigenvalue weighted by molar-refractivity contribution is 8.00. The van der Waals surface area contributed by atoms with Crippen LogP contribution in [0, 0.1) is 0 Å². The summed E-state index contributed by atoms with van der Waals surface area (Å²) in [4.78, 5) is 12.4. The van der Waals surface area contributed by atoms with Crippen molar-refractivity contribution in [2.24, 2.45) is 0 Å².